The Morgan fingerprint density at radius 2 is 0.600 bits per heavy atom. The fraction of sp³-hybridized carbons (Fsp3) is 0.409. The van der Waals surface area contributed by atoms with Gasteiger partial charge in [-0.3, -0.25) is 0 Å². The molecule has 0 atom stereocenters. The number of unbranched alkanes of at least 4 members (excludes halogenated alkanes) is 20. The first-order valence-corrected chi connectivity index (χ1v) is 36.3. The Morgan fingerprint density at radius 3 is 0.978 bits per heavy atom. The molecule has 90 heavy (non-hydrogen) atoms. The Labute approximate surface area is 545 Å². The van der Waals surface area contributed by atoms with Gasteiger partial charge in [-0.15, -0.1) is 0 Å². The maximum atomic E-state index is 2.85. The lowest BCUT2D eigenvalue weighted by Gasteiger charge is -2.35. The van der Waals surface area contributed by atoms with Gasteiger partial charge in [0.1, 0.15) is 0 Å². The van der Waals surface area contributed by atoms with E-state index in [4.69, 9.17) is 0 Å². The average molecular weight is 1190 g/mol. The lowest BCUT2D eigenvalue weighted by molar-refractivity contribution is 0.394. The minimum absolute atomic E-state index is 0.114. The van der Waals surface area contributed by atoms with Crippen LogP contribution >= 0.6 is 0 Å². The summed E-state index contributed by atoms with van der Waals surface area (Å²) < 4.78 is 0. The maximum Gasteiger partial charge on any atom is 0.0465 e. The Hall–Kier alpha value is -7.16. The molecule has 11 rings (SSSR count). The van der Waals surface area contributed by atoms with Crippen molar-refractivity contribution in [3.05, 3.63) is 234 Å². The first-order valence-electron chi connectivity index (χ1n) is 36.3. The highest BCUT2D eigenvalue weighted by atomic mass is 15.1. The number of hydrogen-bond acceptors (Lipinski definition) is 2. The van der Waals surface area contributed by atoms with Crippen LogP contribution in [0.5, 0.6) is 0 Å². The third-order valence-electron chi connectivity index (χ3n) is 20.9. The molecular weight excluding hydrogens is 1080 g/mol. The predicted octanol–water partition coefficient (Wildman–Crippen LogP) is 27.6. The highest BCUT2D eigenvalue weighted by Crippen LogP contribution is 2.62. The van der Waals surface area contributed by atoms with Crippen LogP contribution in [0.1, 0.15) is 248 Å². The molecule has 8 aromatic carbocycles. The SMILES string of the molecule is CCCCCCCCC1(CCCCCCCC)c2cc(N(c3ccccc3)c3ccc(C4=CCCC=C4)cc3)ccc2-c2cc3c(cc21)-c1ccc(N(c2ccccc2)c2ccc(-c4ccccc4)cc2)cc1C3(CCCCCCCC)CCCCCCCC. The Bertz CT molecular complexity index is 3520. The summed E-state index contributed by atoms with van der Waals surface area (Å²) in [7, 11) is 0. The van der Waals surface area contributed by atoms with Crippen molar-refractivity contribution in [1.29, 1.82) is 0 Å². The fourth-order valence-electron chi connectivity index (χ4n) is 16.0. The molecule has 3 aliphatic carbocycles. The summed E-state index contributed by atoms with van der Waals surface area (Å²) in [6.45, 7) is 9.43. The molecule has 0 spiro atoms. The van der Waals surface area contributed by atoms with Crippen LogP contribution in [0.4, 0.5) is 34.1 Å². The lowest BCUT2D eigenvalue weighted by Crippen LogP contribution is -2.27. The average Bonchev–Trinajstić information content (AvgIpc) is 1.61. The first-order chi connectivity index (χ1) is 44.5. The summed E-state index contributed by atoms with van der Waals surface area (Å²) in [6, 6.07) is 73.3. The summed E-state index contributed by atoms with van der Waals surface area (Å²) in [5, 5.41) is 0. The maximum absolute atomic E-state index is 2.85. The molecule has 3 aliphatic rings. The van der Waals surface area contributed by atoms with E-state index < -0.39 is 0 Å². The van der Waals surface area contributed by atoms with Crippen molar-refractivity contribution in [2.45, 2.75) is 231 Å². The minimum atomic E-state index is -0.117. The summed E-state index contributed by atoms with van der Waals surface area (Å²) >= 11 is 0. The smallest absolute Gasteiger partial charge is 0.0465 e. The van der Waals surface area contributed by atoms with Gasteiger partial charge in [-0.25, -0.2) is 0 Å². The van der Waals surface area contributed by atoms with Crippen LogP contribution in [0.15, 0.2) is 206 Å². The molecule has 468 valence electrons. The molecule has 0 aromatic heterocycles. The molecular formula is C88H106N2. The van der Waals surface area contributed by atoms with Crippen molar-refractivity contribution in [3.8, 4) is 33.4 Å². The van der Waals surface area contributed by atoms with Crippen LogP contribution in [0, 0.1) is 0 Å². The van der Waals surface area contributed by atoms with Gasteiger partial charge in [-0.05, 0) is 190 Å². The van der Waals surface area contributed by atoms with Gasteiger partial charge in [-0.1, -0.05) is 303 Å². The second-order valence-corrected chi connectivity index (χ2v) is 27.1. The molecule has 0 N–H and O–H groups in total. The van der Waals surface area contributed by atoms with Gasteiger partial charge in [0, 0.05) is 45.0 Å². The van der Waals surface area contributed by atoms with Gasteiger partial charge in [0.05, 0.1) is 0 Å². The van der Waals surface area contributed by atoms with Crippen molar-refractivity contribution in [1.82, 2.24) is 0 Å². The molecule has 2 nitrogen and oxygen atoms in total. The van der Waals surface area contributed by atoms with E-state index >= 15 is 0 Å². The molecule has 0 saturated heterocycles. The predicted molar refractivity (Wildman–Crippen MR) is 392 cm³/mol. The second-order valence-electron chi connectivity index (χ2n) is 27.1. The highest BCUT2D eigenvalue weighted by Gasteiger charge is 2.48. The van der Waals surface area contributed by atoms with E-state index in [-0.39, 0.29) is 10.8 Å². The number of nitrogens with zero attached hydrogens (tertiary/aromatic N) is 2. The molecule has 8 aromatic rings. The number of fused-ring (bicyclic) bond motifs is 6. The van der Waals surface area contributed by atoms with Crippen LogP contribution in [0.3, 0.4) is 0 Å². The molecule has 0 aliphatic heterocycles. The number of benzene rings is 8. The van der Waals surface area contributed by atoms with Crippen molar-refractivity contribution in [3.63, 3.8) is 0 Å². The number of rotatable bonds is 36. The van der Waals surface area contributed by atoms with Crippen LogP contribution < -0.4 is 9.80 Å². The summed E-state index contributed by atoms with van der Waals surface area (Å²) in [5.74, 6) is 0. The van der Waals surface area contributed by atoms with Gasteiger partial charge in [0.15, 0.2) is 0 Å². The minimum Gasteiger partial charge on any atom is -0.310 e. The summed E-state index contributed by atoms with van der Waals surface area (Å²) in [4.78, 5) is 5.09. The van der Waals surface area contributed by atoms with E-state index in [1.807, 2.05) is 0 Å². The van der Waals surface area contributed by atoms with Gasteiger partial charge in [0.2, 0.25) is 0 Å². The van der Waals surface area contributed by atoms with Gasteiger partial charge < -0.3 is 9.80 Å². The van der Waals surface area contributed by atoms with Crippen LogP contribution in [0.2, 0.25) is 0 Å². The molecule has 0 amide bonds. The van der Waals surface area contributed by atoms with E-state index in [0.717, 1.165) is 12.8 Å². The largest absolute Gasteiger partial charge is 0.310 e. The zero-order valence-electron chi connectivity index (χ0n) is 55.7. The Morgan fingerprint density at radius 1 is 0.278 bits per heavy atom. The van der Waals surface area contributed by atoms with E-state index in [9.17, 15) is 0 Å². The van der Waals surface area contributed by atoms with Crippen molar-refractivity contribution in [2.75, 3.05) is 9.80 Å². The highest BCUT2D eigenvalue weighted by molar-refractivity contribution is 5.93. The van der Waals surface area contributed by atoms with Crippen molar-refractivity contribution >= 4 is 39.7 Å². The normalized spacial score (nSPS) is 14.0. The molecule has 0 fully saturated rings. The third-order valence-corrected chi connectivity index (χ3v) is 20.9. The quantitative estimate of drug-likeness (QED) is 0.0361. The van der Waals surface area contributed by atoms with Gasteiger partial charge in [-0.2, -0.15) is 0 Å². The molecule has 2 heteroatoms. The van der Waals surface area contributed by atoms with Crippen LogP contribution in [-0.2, 0) is 10.8 Å². The number of para-hydroxylation sites is 2. The van der Waals surface area contributed by atoms with E-state index in [1.165, 1.54) is 258 Å². The number of hydrogen-bond donors (Lipinski definition) is 0. The standard InChI is InChI=1S/C88H106N2/c1-5-9-13-17-21-37-61-87(62-38-22-18-14-10-6-2)83-65-77(89(73-45-33-27-34-46-73)75-53-49-71(50-54-75)69-41-29-25-30-42-69)57-59-79(83)81-68-86-82(67-85(81)87)80-60-58-78(66-84(80)88(86,63-39-23-19-15-11-7-3)64-40-24-20-16-12-8-4)90(74-47-35-28-36-48-74)76-55-51-72(52-56-76)70-43-31-26-32-44-70/h25,27-31,33-36,41-60,65-68H,5-24,26,32,37-40,61-64H2,1-4H3. The van der Waals surface area contributed by atoms with Gasteiger partial charge in [0.25, 0.3) is 0 Å². The number of allylic oxidation sites excluding steroid dienone is 4. The Kier molecular flexibility index (Phi) is 23.0. The third kappa shape index (κ3) is 14.8. The van der Waals surface area contributed by atoms with Gasteiger partial charge >= 0.3 is 0 Å². The number of anilines is 6. The van der Waals surface area contributed by atoms with E-state index in [2.05, 4.69) is 244 Å². The summed E-state index contributed by atoms with van der Waals surface area (Å²) in [5.41, 5.74) is 24.5. The van der Waals surface area contributed by atoms with Crippen molar-refractivity contribution < 1.29 is 0 Å². The monoisotopic (exact) mass is 1190 g/mol. The van der Waals surface area contributed by atoms with E-state index in [1.54, 1.807) is 22.3 Å². The zero-order valence-corrected chi connectivity index (χ0v) is 55.7. The fourth-order valence-corrected chi connectivity index (χ4v) is 16.0. The van der Waals surface area contributed by atoms with Crippen molar-refractivity contribution in [2.24, 2.45) is 0 Å². The van der Waals surface area contributed by atoms with E-state index in [0.29, 0.717) is 0 Å². The zero-order chi connectivity index (χ0) is 61.8. The molecule has 0 heterocycles. The molecule has 0 radical (unpaired) electrons. The molecule has 0 bridgehead atoms. The van der Waals surface area contributed by atoms with Crippen LogP contribution in [0.25, 0.3) is 39.0 Å². The van der Waals surface area contributed by atoms with Crippen LogP contribution in [-0.4, -0.2) is 0 Å². The molecule has 0 unspecified atom stereocenters. The lowest BCUT2D eigenvalue weighted by atomic mass is 9.68. The first kappa shape index (κ1) is 64.4. The molecule has 0 saturated carbocycles. The summed E-state index contributed by atoms with van der Waals surface area (Å²) in [6.07, 6.45) is 45.2. The topological polar surface area (TPSA) is 6.48 Å². The Balaban J connectivity index is 1.09. The second kappa shape index (κ2) is 32.2.